The van der Waals surface area contributed by atoms with Gasteiger partial charge in [0.1, 0.15) is 0 Å². The Morgan fingerprint density at radius 2 is 1.55 bits per heavy atom. The van der Waals surface area contributed by atoms with Crippen molar-refractivity contribution in [1.82, 2.24) is 9.80 Å². The van der Waals surface area contributed by atoms with Crippen LogP contribution in [0.4, 0.5) is 0 Å². The molecule has 0 aromatic heterocycles. The Bertz CT molecular complexity index is 1340. The molecule has 42 heavy (non-hydrogen) atoms. The van der Waals surface area contributed by atoms with Crippen molar-refractivity contribution < 1.29 is 9.53 Å². The number of halogens is 2. The molecular weight excluding hydrogens is 565 g/mol. The topological polar surface area (TPSA) is 45.1 Å². The number of rotatable bonds is 10. The largest absolute Gasteiger partial charge is 0.467 e. The lowest BCUT2D eigenvalue weighted by atomic mass is 9.72. The summed E-state index contributed by atoms with van der Waals surface area (Å²) in [5, 5.41) is 1.45. The maximum atomic E-state index is 13.7. The van der Waals surface area contributed by atoms with Gasteiger partial charge in [-0.05, 0) is 86.1 Å². The highest BCUT2D eigenvalue weighted by Crippen LogP contribution is 2.44. The number of hydrogen-bond acceptors (Lipinski definition) is 5. The third-order valence-corrected chi connectivity index (χ3v) is 9.69. The molecule has 1 aliphatic carbocycles. The number of esters is 1. The third-order valence-electron chi connectivity index (χ3n) is 9.18. The standard InChI is InChI=1S/C35H41Cl2N3O2/c1-39(2)33(29-15-19-31(37)20-16-29)28-13-9-25(10-14-28)21-32-35(34(41)42-3,22-26-11-17-30(36)18-12-26)38-24-40(32)23-27-7-5-4-6-8-27/h4-8,11-12,15-20,24-25,28,32-33H,9-10,13-14,21-23H2,1-3H3. The minimum Gasteiger partial charge on any atom is -0.467 e. The fourth-order valence-electron chi connectivity index (χ4n) is 7.12. The van der Waals surface area contributed by atoms with E-state index in [1.54, 1.807) is 0 Å². The van der Waals surface area contributed by atoms with Gasteiger partial charge in [0.15, 0.2) is 5.54 Å². The molecule has 0 amide bonds. The molecule has 1 aliphatic heterocycles. The van der Waals surface area contributed by atoms with Crippen molar-refractivity contribution in [3.63, 3.8) is 0 Å². The van der Waals surface area contributed by atoms with E-state index in [4.69, 9.17) is 32.9 Å². The van der Waals surface area contributed by atoms with E-state index >= 15 is 0 Å². The van der Waals surface area contributed by atoms with E-state index in [2.05, 4.69) is 60.3 Å². The van der Waals surface area contributed by atoms with Crippen molar-refractivity contribution in [2.75, 3.05) is 21.2 Å². The van der Waals surface area contributed by atoms with Gasteiger partial charge in [-0.25, -0.2) is 4.79 Å². The zero-order valence-electron chi connectivity index (χ0n) is 24.8. The zero-order chi connectivity index (χ0) is 29.7. The predicted octanol–water partition coefficient (Wildman–Crippen LogP) is 7.86. The normalized spacial score (nSPS) is 24.6. The van der Waals surface area contributed by atoms with Gasteiger partial charge in [0, 0.05) is 29.1 Å². The monoisotopic (exact) mass is 605 g/mol. The number of benzene rings is 3. The number of carbonyl (C=O) groups excluding carboxylic acids is 1. The first-order valence-electron chi connectivity index (χ1n) is 14.9. The van der Waals surface area contributed by atoms with E-state index < -0.39 is 5.54 Å². The minimum absolute atomic E-state index is 0.108. The maximum absolute atomic E-state index is 13.7. The summed E-state index contributed by atoms with van der Waals surface area (Å²) in [6.07, 6.45) is 7.77. The summed E-state index contributed by atoms with van der Waals surface area (Å²) in [5.74, 6) is 0.781. The Labute approximate surface area is 260 Å². The molecule has 0 N–H and O–H groups in total. The Kier molecular flexibility index (Phi) is 9.92. The van der Waals surface area contributed by atoms with Gasteiger partial charge in [-0.1, -0.05) is 90.6 Å². The molecule has 0 spiro atoms. The fourth-order valence-corrected chi connectivity index (χ4v) is 7.37. The minimum atomic E-state index is -1.01. The molecule has 0 saturated heterocycles. The van der Waals surface area contributed by atoms with Crippen LogP contribution in [0.3, 0.4) is 0 Å². The number of nitrogens with zero attached hydrogens (tertiary/aromatic N) is 3. The first-order chi connectivity index (χ1) is 20.3. The molecule has 222 valence electrons. The lowest BCUT2D eigenvalue weighted by molar-refractivity contribution is -0.148. The molecule has 3 aromatic carbocycles. The first-order valence-corrected chi connectivity index (χ1v) is 15.6. The average molecular weight is 607 g/mol. The molecule has 5 rings (SSSR count). The summed E-state index contributed by atoms with van der Waals surface area (Å²) in [7, 11) is 5.82. The van der Waals surface area contributed by atoms with Crippen molar-refractivity contribution in [2.24, 2.45) is 16.8 Å². The predicted molar refractivity (Wildman–Crippen MR) is 172 cm³/mol. The summed E-state index contributed by atoms with van der Waals surface area (Å²) >= 11 is 12.4. The van der Waals surface area contributed by atoms with E-state index in [9.17, 15) is 4.79 Å². The molecule has 3 unspecified atom stereocenters. The van der Waals surface area contributed by atoms with Crippen molar-refractivity contribution in [1.29, 1.82) is 0 Å². The van der Waals surface area contributed by atoms with Crippen molar-refractivity contribution in [3.8, 4) is 0 Å². The molecule has 1 fully saturated rings. The number of methoxy groups -OCH3 is 1. The van der Waals surface area contributed by atoms with Gasteiger partial charge in [-0.2, -0.15) is 0 Å². The Morgan fingerprint density at radius 3 is 2.14 bits per heavy atom. The summed E-state index contributed by atoms with van der Waals surface area (Å²) < 4.78 is 5.46. The number of aliphatic imine (C=N–C) groups is 1. The third kappa shape index (κ3) is 6.85. The van der Waals surface area contributed by atoms with E-state index in [1.807, 2.05) is 48.8 Å². The van der Waals surface area contributed by atoms with Crippen LogP contribution in [-0.2, 0) is 22.5 Å². The van der Waals surface area contributed by atoms with E-state index in [-0.39, 0.29) is 12.0 Å². The van der Waals surface area contributed by atoms with Crippen molar-refractivity contribution in [3.05, 3.63) is 106 Å². The van der Waals surface area contributed by atoms with Crippen molar-refractivity contribution in [2.45, 2.75) is 62.7 Å². The van der Waals surface area contributed by atoms with Crippen LogP contribution >= 0.6 is 23.2 Å². The Morgan fingerprint density at radius 1 is 0.929 bits per heavy atom. The molecule has 0 radical (unpaired) electrons. The van der Waals surface area contributed by atoms with Gasteiger partial charge in [0.2, 0.25) is 0 Å². The molecule has 5 nitrogen and oxygen atoms in total. The smallest absolute Gasteiger partial charge is 0.336 e. The molecule has 1 heterocycles. The lowest BCUT2D eigenvalue weighted by Gasteiger charge is -2.41. The lowest BCUT2D eigenvalue weighted by Crippen LogP contribution is -2.54. The second-order valence-electron chi connectivity index (χ2n) is 12.1. The van der Waals surface area contributed by atoms with Gasteiger partial charge in [0.25, 0.3) is 0 Å². The number of hydrogen-bond donors (Lipinski definition) is 0. The average Bonchev–Trinajstić information content (AvgIpc) is 3.33. The fraction of sp³-hybridized carbons (Fsp3) is 0.429. The molecular formula is C35H41Cl2N3O2. The maximum Gasteiger partial charge on any atom is 0.336 e. The van der Waals surface area contributed by atoms with Crippen LogP contribution in [0.1, 0.15) is 54.8 Å². The van der Waals surface area contributed by atoms with E-state index in [1.165, 1.54) is 18.2 Å². The summed E-state index contributed by atoms with van der Waals surface area (Å²) in [4.78, 5) is 23.2. The van der Waals surface area contributed by atoms with Gasteiger partial charge in [-0.3, -0.25) is 4.99 Å². The zero-order valence-corrected chi connectivity index (χ0v) is 26.3. The van der Waals surface area contributed by atoms with Crippen LogP contribution < -0.4 is 0 Å². The van der Waals surface area contributed by atoms with Crippen LogP contribution in [0.2, 0.25) is 10.0 Å². The van der Waals surface area contributed by atoms with Crippen LogP contribution in [0.25, 0.3) is 0 Å². The highest BCUT2D eigenvalue weighted by molar-refractivity contribution is 6.30. The molecule has 2 aliphatic rings. The molecule has 1 saturated carbocycles. The van der Waals surface area contributed by atoms with Gasteiger partial charge < -0.3 is 14.5 Å². The highest BCUT2D eigenvalue weighted by Gasteiger charge is 2.53. The van der Waals surface area contributed by atoms with Gasteiger partial charge in [0.05, 0.1) is 19.5 Å². The van der Waals surface area contributed by atoms with Crippen LogP contribution in [0.5, 0.6) is 0 Å². The van der Waals surface area contributed by atoms with E-state index in [0.29, 0.717) is 35.9 Å². The number of ether oxygens (including phenoxy) is 1. The van der Waals surface area contributed by atoms with Crippen molar-refractivity contribution >= 4 is 35.5 Å². The highest BCUT2D eigenvalue weighted by atomic mass is 35.5. The SMILES string of the molecule is COC(=O)C1(Cc2ccc(Cl)cc2)N=CN(Cc2ccccc2)C1CC1CCC(C(c2ccc(Cl)cc2)N(C)C)CC1. The summed E-state index contributed by atoms with van der Waals surface area (Å²) in [6, 6.07) is 26.7. The summed E-state index contributed by atoms with van der Waals surface area (Å²) in [5.41, 5.74) is 2.53. The van der Waals surface area contributed by atoms with Crippen LogP contribution in [0.15, 0.2) is 83.9 Å². The van der Waals surface area contributed by atoms with E-state index in [0.717, 1.165) is 42.7 Å². The number of carbonyl (C=O) groups is 1. The molecule has 7 heteroatoms. The Balaban J connectivity index is 1.37. The first kappa shape index (κ1) is 30.6. The molecule has 0 bridgehead atoms. The molecule has 3 aromatic rings. The van der Waals surface area contributed by atoms with Crippen LogP contribution in [-0.4, -0.2) is 54.9 Å². The molecule has 3 atom stereocenters. The van der Waals surface area contributed by atoms with Gasteiger partial charge >= 0.3 is 5.97 Å². The quantitative estimate of drug-likeness (QED) is 0.221. The Hall–Kier alpha value is -2.86. The van der Waals surface area contributed by atoms with Gasteiger partial charge in [-0.15, -0.1) is 0 Å². The van der Waals surface area contributed by atoms with Crippen LogP contribution in [0, 0.1) is 11.8 Å². The second kappa shape index (κ2) is 13.6. The second-order valence-corrected chi connectivity index (χ2v) is 13.0. The summed E-state index contributed by atoms with van der Waals surface area (Å²) in [6.45, 7) is 0.697.